The van der Waals surface area contributed by atoms with Crippen LogP contribution in [-0.4, -0.2) is 35.5 Å². The number of nitrogens with zero attached hydrogens (tertiary/aromatic N) is 1. The van der Waals surface area contributed by atoms with Crippen LogP contribution in [0.5, 0.6) is 11.5 Å². The Morgan fingerprint density at radius 1 is 0.944 bits per heavy atom. The molecule has 0 aromatic heterocycles. The molecule has 1 aliphatic heterocycles. The number of hydrogen-bond donors (Lipinski definition) is 0. The van der Waals surface area contributed by atoms with Crippen LogP contribution in [0.15, 0.2) is 65.6 Å². The van der Waals surface area contributed by atoms with Gasteiger partial charge < -0.3 is 9.47 Å². The van der Waals surface area contributed by atoms with Crippen molar-refractivity contribution in [2.45, 2.75) is 6.61 Å². The fraction of sp³-hybridized carbons (Fsp3) is 0.115. The first-order valence-corrected chi connectivity index (χ1v) is 12.5. The Morgan fingerprint density at radius 2 is 1.67 bits per heavy atom. The van der Waals surface area contributed by atoms with E-state index in [0.717, 1.165) is 22.2 Å². The third kappa shape index (κ3) is 6.05. The van der Waals surface area contributed by atoms with Gasteiger partial charge in [-0.15, -0.1) is 0 Å². The van der Waals surface area contributed by atoms with Crippen molar-refractivity contribution < 1.29 is 23.9 Å². The molecule has 0 spiro atoms. The van der Waals surface area contributed by atoms with Gasteiger partial charge >= 0.3 is 0 Å². The van der Waals surface area contributed by atoms with Crippen molar-refractivity contribution in [2.75, 3.05) is 13.7 Å². The molecular formula is C26H18Cl3NO5S. The topological polar surface area (TPSA) is 72.9 Å². The number of imide groups is 1. The third-order valence-corrected chi connectivity index (χ3v) is 6.97. The van der Waals surface area contributed by atoms with E-state index in [9.17, 15) is 14.4 Å². The molecule has 0 bridgehead atoms. The lowest BCUT2D eigenvalue weighted by Gasteiger charge is -2.13. The zero-order chi connectivity index (χ0) is 25.8. The summed E-state index contributed by atoms with van der Waals surface area (Å²) in [5, 5.41) is 0.995. The Balaban J connectivity index is 1.47. The summed E-state index contributed by atoms with van der Waals surface area (Å²) in [6.45, 7) is -0.154. The van der Waals surface area contributed by atoms with Gasteiger partial charge in [-0.05, 0) is 71.9 Å². The Labute approximate surface area is 226 Å². The molecule has 6 nitrogen and oxygen atoms in total. The first kappa shape index (κ1) is 26.1. The van der Waals surface area contributed by atoms with Crippen LogP contribution in [0.1, 0.15) is 21.5 Å². The minimum Gasteiger partial charge on any atom is -0.493 e. The standard InChI is InChI=1S/C26H18Cl3NO5S/c1-34-23-10-15(2-9-22(23)35-14-17-5-8-19(28)12-20(17)29)11-24-25(32)30(26(33)36-24)13-21(31)16-3-6-18(27)7-4-16/h2-12H,13-14H2,1H3/b24-11+. The maximum Gasteiger partial charge on any atom is 0.293 e. The fourth-order valence-electron chi connectivity index (χ4n) is 3.35. The highest BCUT2D eigenvalue weighted by atomic mass is 35.5. The number of rotatable bonds is 8. The molecule has 2 amide bonds. The van der Waals surface area contributed by atoms with Crippen LogP contribution >= 0.6 is 46.6 Å². The number of thioether (sulfide) groups is 1. The summed E-state index contributed by atoms with van der Waals surface area (Å²) in [6.07, 6.45) is 1.57. The Kier molecular flexibility index (Phi) is 8.26. The first-order valence-electron chi connectivity index (χ1n) is 10.5. The average molecular weight is 563 g/mol. The van der Waals surface area contributed by atoms with E-state index in [1.807, 2.05) is 0 Å². The van der Waals surface area contributed by atoms with Crippen molar-refractivity contribution in [1.82, 2.24) is 4.90 Å². The van der Waals surface area contributed by atoms with Gasteiger partial charge in [-0.1, -0.05) is 46.9 Å². The van der Waals surface area contributed by atoms with Crippen molar-refractivity contribution in [3.8, 4) is 11.5 Å². The average Bonchev–Trinajstić information content (AvgIpc) is 3.11. The molecule has 1 fully saturated rings. The van der Waals surface area contributed by atoms with E-state index < -0.39 is 11.1 Å². The summed E-state index contributed by atoms with van der Waals surface area (Å²) in [5.41, 5.74) is 1.75. The van der Waals surface area contributed by atoms with Gasteiger partial charge in [0, 0.05) is 26.2 Å². The normalized spacial score (nSPS) is 14.4. The van der Waals surface area contributed by atoms with Gasteiger partial charge in [-0.2, -0.15) is 0 Å². The molecular weight excluding hydrogens is 545 g/mol. The summed E-state index contributed by atoms with van der Waals surface area (Å²) >= 11 is 18.8. The number of amides is 2. The summed E-state index contributed by atoms with van der Waals surface area (Å²) in [6, 6.07) is 16.5. The van der Waals surface area contributed by atoms with E-state index in [1.54, 1.807) is 66.7 Å². The summed E-state index contributed by atoms with van der Waals surface area (Å²) in [4.78, 5) is 38.9. The smallest absolute Gasteiger partial charge is 0.293 e. The second-order valence-corrected chi connectivity index (χ2v) is 9.91. The van der Waals surface area contributed by atoms with Crippen molar-refractivity contribution >= 4 is 69.6 Å². The zero-order valence-electron chi connectivity index (χ0n) is 18.8. The predicted molar refractivity (Wildman–Crippen MR) is 142 cm³/mol. The minimum atomic E-state index is -0.538. The number of carbonyl (C=O) groups excluding carboxylic acids is 3. The number of ether oxygens (including phenoxy) is 2. The molecule has 0 atom stereocenters. The molecule has 1 heterocycles. The number of ketones is 1. The van der Waals surface area contributed by atoms with Gasteiger partial charge in [0.2, 0.25) is 0 Å². The first-order chi connectivity index (χ1) is 17.2. The number of hydrogen-bond acceptors (Lipinski definition) is 6. The molecule has 4 rings (SSSR count). The summed E-state index contributed by atoms with van der Waals surface area (Å²) in [5.74, 6) is 0.0106. The second-order valence-electron chi connectivity index (χ2n) is 7.63. The van der Waals surface area contributed by atoms with Crippen LogP contribution in [-0.2, 0) is 11.4 Å². The van der Waals surface area contributed by atoms with Crippen LogP contribution in [0.25, 0.3) is 6.08 Å². The maximum atomic E-state index is 12.8. The summed E-state index contributed by atoms with van der Waals surface area (Å²) in [7, 11) is 1.50. The third-order valence-electron chi connectivity index (χ3n) is 5.23. The highest BCUT2D eigenvalue weighted by molar-refractivity contribution is 8.18. The van der Waals surface area contributed by atoms with Gasteiger partial charge in [-0.3, -0.25) is 19.3 Å². The molecule has 0 unspecified atom stereocenters. The molecule has 0 radical (unpaired) electrons. The molecule has 0 N–H and O–H groups in total. The Bertz CT molecular complexity index is 1370. The number of halogens is 3. The van der Waals surface area contributed by atoms with E-state index in [0.29, 0.717) is 37.7 Å². The van der Waals surface area contributed by atoms with Gasteiger partial charge in [0.05, 0.1) is 18.6 Å². The number of Topliss-reactive ketones (excluding diaryl/α,β-unsaturated/α-hetero) is 1. The molecule has 1 saturated heterocycles. The van der Waals surface area contributed by atoms with Crippen molar-refractivity contribution in [3.05, 3.63) is 97.3 Å². The zero-order valence-corrected chi connectivity index (χ0v) is 21.9. The lowest BCUT2D eigenvalue weighted by Crippen LogP contribution is -2.33. The van der Waals surface area contributed by atoms with E-state index in [1.165, 1.54) is 7.11 Å². The molecule has 3 aromatic rings. The van der Waals surface area contributed by atoms with Gasteiger partial charge in [0.25, 0.3) is 11.1 Å². The van der Waals surface area contributed by atoms with Crippen LogP contribution in [0, 0.1) is 0 Å². The predicted octanol–water partition coefficient (Wildman–Crippen LogP) is 7.15. The van der Waals surface area contributed by atoms with E-state index in [-0.39, 0.29) is 23.8 Å². The Morgan fingerprint density at radius 3 is 2.36 bits per heavy atom. The minimum absolute atomic E-state index is 0.201. The molecule has 0 aliphatic carbocycles. The van der Waals surface area contributed by atoms with Crippen molar-refractivity contribution in [3.63, 3.8) is 0 Å². The van der Waals surface area contributed by atoms with Crippen LogP contribution < -0.4 is 9.47 Å². The van der Waals surface area contributed by atoms with E-state index in [2.05, 4.69) is 0 Å². The van der Waals surface area contributed by atoms with Crippen molar-refractivity contribution in [2.24, 2.45) is 0 Å². The van der Waals surface area contributed by atoms with Crippen LogP contribution in [0.3, 0.4) is 0 Å². The Hall–Kier alpha value is -2.97. The highest BCUT2D eigenvalue weighted by Gasteiger charge is 2.36. The van der Waals surface area contributed by atoms with E-state index in [4.69, 9.17) is 44.3 Å². The molecule has 1 aliphatic rings. The van der Waals surface area contributed by atoms with Crippen LogP contribution in [0.4, 0.5) is 4.79 Å². The van der Waals surface area contributed by atoms with Gasteiger partial charge in [-0.25, -0.2) is 0 Å². The summed E-state index contributed by atoms with van der Waals surface area (Å²) < 4.78 is 11.3. The number of carbonyl (C=O) groups is 3. The fourth-order valence-corrected chi connectivity index (χ4v) is 4.77. The van der Waals surface area contributed by atoms with Crippen molar-refractivity contribution in [1.29, 1.82) is 0 Å². The molecule has 184 valence electrons. The van der Waals surface area contributed by atoms with Gasteiger partial charge in [0.15, 0.2) is 17.3 Å². The van der Waals surface area contributed by atoms with Crippen LogP contribution in [0.2, 0.25) is 15.1 Å². The molecule has 0 saturated carbocycles. The number of benzene rings is 3. The maximum absolute atomic E-state index is 12.8. The lowest BCUT2D eigenvalue weighted by molar-refractivity contribution is -0.122. The molecule has 3 aromatic carbocycles. The second kappa shape index (κ2) is 11.4. The van der Waals surface area contributed by atoms with Gasteiger partial charge in [0.1, 0.15) is 6.61 Å². The van der Waals surface area contributed by atoms with E-state index >= 15 is 0 Å². The lowest BCUT2D eigenvalue weighted by atomic mass is 10.1. The highest BCUT2D eigenvalue weighted by Crippen LogP contribution is 2.35. The number of methoxy groups -OCH3 is 1. The monoisotopic (exact) mass is 561 g/mol. The molecule has 10 heteroatoms. The largest absolute Gasteiger partial charge is 0.493 e. The quantitative estimate of drug-likeness (QED) is 0.214. The SMILES string of the molecule is COc1cc(/C=C2/SC(=O)N(CC(=O)c3ccc(Cl)cc3)C2=O)ccc1OCc1ccc(Cl)cc1Cl. The molecule has 36 heavy (non-hydrogen) atoms.